The number of hydrogen-bond donors (Lipinski definition) is 1. The van der Waals surface area contributed by atoms with Gasteiger partial charge in [0.15, 0.2) is 0 Å². The molecule has 0 saturated carbocycles. The van der Waals surface area contributed by atoms with Gasteiger partial charge in [0.25, 0.3) is 0 Å². The van der Waals surface area contributed by atoms with E-state index >= 15 is 0 Å². The Morgan fingerprint density at radius 2 is 1.94 bits per heavy atom. The minimum Gasteiger partial charge on any atom is -0.483 e. The highest BCUT2D eigenvalue weighted by Crippen LogP contribution is 2.45. The molecule has 0 aliphatic carbocycles. The minimum absolute atomic E-state index is 0.0360. The van der Waals surface area contributed by atoms with Crippen LogP contribution in [0.15, 0.2) is 37.1 Å². The maximum absolute atomic E-state index is 11.7. The van der Waals surface area contributed by atoms with Crippen LogP contribution in [0.1, 0.15) is 60.0 Å². The molecule has 1 N–H and O–H groups in total. The van der Waals surface area contributed by atoms with Crippen molar-refractivity contribution in [3.05, 3.63) is 59.3 Å². The summed E-state index contributed by atoms with van der Waals surface area (Å²) in [6, 6.07) is 7.17. The van der Waals surface area contributed by atoms with Gasteiger partial charge in [-0.15, -0.1) is 0 Å². The van der Waals surface area contributed by atoms with Crippen molar-refractivity contribution in [3.8, 4) is 5.75 Å². The van der Waals surface area contributed by atoms with Gasteiger partial charge in [-0.3, -0.25) is 9.69 Å². The molecule has 4 aliphatic heterocycles. The average molecular weight is 475 g/mol. The summed E-state index contributed by atoms with van der Waals surface area (Å²) < 4.78 is 12.2. The SMILES string of the molecule is C=CC(=O)N1CC(N2CC(c3cc(C)c4c(c3)Nc3nccc(C5CCOCC5)c3[C@H](C)O4)C2)C1. The van der Waals surface area contributed by atoms with Crippen molar-refractivity contribution in [3.63, 3.8) is 0 Å². The van der Waals surface area contributed by atoms with Crippen molar-refractivity contribution < 1.29 is 14.3 Å². The molecule has 3 saturated heterocycles. The zero-order valence-corrected chi connectivity index (χ0v) is 20.6. The fraction of sp³-hybridized carbons (Fsp3) is 0.500. The largest absolute Gasteiger partial charge is 0.483 e. The Labute approximate surface area is 207 Å². The van der Waals surface area contributed by atoms with Crippen LogP contribution in [0, 0.1) is 6.92 Å². The molecule has 3 fully saturated rings. The van der Waals surface area contributed by atoms with E-state index in [4.69, 9.17) is 14.5 Å². The van der Waals surface area contributed by atoms with Gasteiger partial charge < -0.3 is 19.7 Å². The molecule has 1 aromatic heterocycles. The van der Waals surface area contributed by atoms with E-state index in [0.717, 1.165) is 75.1 Å². The molecular weight excluding hydrogens is 440 g/mol. The van der Waals surface area contributed by atoms with Crippen molar-refractivity contribution in [2.24, 2.45) is 0 Å². The summed E-state index contributed by atoms with van der Waals surface area (Å²) >= 11 is 0. The number of fused-ring (bicyclic) bond motifs is 2. The summed E-state index contributed by atoms with van der Waals surface area (Å²) in [7, 11) is 0. The highest BCUT2D eigenvalue weighted by molar-refractivity contribution is 5.87. The first-order valence-electron chi connectivity index (χ1n) is 12.8. The third-order valence-electron chi connectivity index (χ3n) is 8.18. The zero-order valence-electron chi connectivity index (χ0n) is 20.6. The van der Waals surface area contributed by atoms with Crippen LogP contribution < -0.4 is 10.1 Å². The van der Waals surface area contributed by atoms with Crippen molar-refractivity contribution in [2.75, 3.05) is 44.7 Å². The third kappa shape index (κ3) is 4.00. The van der Waals surface area contributed by atoms with Crippen molar-refractivity contribution in [1.82, 2.24) is 14.8 Å². The Morgan fingerprint density at radius 3 is 2.69 bits per heavy atom. The molecule has 7 heteroatoms. The summed E-state index contributed by atoms with van der Waals surface area (Å²) in [5.74, 6) is 2.84. The molecule has 1 amide bonds. The molecule has 184 valence electrons. The molecule has 2 aromatic rings. The van der Waals surface area contributed by atoms with E-state index < -0.39 is 0 Å². The van der Waals surface area contributed by atoms with Crippen LogP contribution in [0.4, 0.5) is 11.5 Å². The van der Waals surface area contributed by atoms with Gasteiger partial charge in [-0.2, -0.15) is 0 Å². The van der Waals surface area contributed by atoms with Gasteiger partial charge in [0.2, 0.25) is 5.91 Å². The summed E-state index contributed by atoms with van der Waals surface area (Å²) in [6.45, 7) is 13.2. The molecule has 1 atom stereocenters. The topological polar surface area (TPSA) is 66.9 Å². The quantitative estimate of drug-likeness (QED) is 0.668. The van der Waals surface area contributed by atoms with Crippen LogP contribution >= 0.6 is 0 Å². The Balaban J connectivity index is 1.21. The molecule has 5 heterocycles. The maximum atomic E-state index is 11.7. The molecule has 0 bridgehead atoms. The van der Waals surface area contributed by atoms with Gasteiger partial charge in [-0.05, 0) is 67.5 Å². The summed E-state index contributed by atoms with van der Waals surface area (Å²) in [5.41, 5.74) is 6.01. The van der Waals surface area contributed by atoms with Crippen molar-refractivity contribution in [2.45, 2.75) is 50.7 Å². The predicted octanol–water partition coefficient (Wildman–Crippen LogP) is 4.28. The first-order chi connectivity index (χ1) is 17.0. The second-order valence-electron chi connectivity index (χ2n) is 10.4. The first kappa shape index (κ1) is 22.6. The first-order valence-corrected chi connectivity index (χ1v) is 12.8. The lowest BCUT2D eigenvalue weighted by Gasteiger charge is -2.52. The Kier molecular flexibility index (Phi) is 5.77. The monoisotopic (exact) mass is 474 g/mol. The van der Waals surface area contributed by atoms with Gasteiger partial charge in [0, 0.05) is 63.1 Å². The summed E-state index contributed by atoms with van der Waals surface area (Å²) in [6.07, 6.45) is 5.33. The number of carbonyl (C=O) groups excluding carboxylic acids is 1. The minimum atomic E-state index is -0.0751. The number of nitrogens with zero attached hydrogens (tertiary/aromatic N) is 3. The number of carbonyl (C=O) groups is 1. The second kappa shape index (κ2) is 8.95. The smallest absolute Gasteiger partial charge is 0.246 e. The van der Waals surface area contributed by atoms with Gasteiger partial charge in [0.05, 0.1) is 5.69 Å². The molecule has 6 rings (SSSR count). The third-order valence-corrected chi connectivity index (χ3v) is 8.18. The number of amides is 1. The van der Waals surface area contributed by atoms with E-state index in [0.29, 0.717) is 17.9 Å². The molecule has 0 radical (unpaired) electrons. The van der Waals surface area contributed by atoms with Gasteiger partial charge in [-0.1, -0.05) is 12.6 Å². The van der Waals surface area contributed by atoms with Crippen LogP contribution in [0.2, 0.25) is 0 Å². The molecule has 4 aliphatic rings. The fourth-order valence-electron chi connectivity index (χ4n) is 6.05. The zero-order chi connectivity index (χ0) is 24.1. The normalized spacial score (nSPS) is 23.1. The fourth-order valence-corrected chi connectivity index (χ4v) is 6.05. The molecule has 7 nitrogen and oxygen atoms in total. The Bertz CT molecular complexity index is 1150. The lowest BCUT2D eigenvalue weighted by Crippen LogP contribution is -2.65. The van der Waals surface area contributed by atoms with Crippen molar-refractivity contribution in [1.29, 1.82) is 0 Å². The van der Waals surface area contributed by atoms with Gasteiger partial charge in [0.1, 0.15) is 17.7 Å². The van der Waals surface area contributed by atoms with Crippen LogP contribution in [0.5, 0.6) is 5.75 Å². The van der Waals surface area contributed by atoms with Crippen LogP contribution in [-0.2, 0) is 9.53 Å². The number of hydrogen-bond acceptors (Lipinski definition) is 6. The predicted molar refractivity (Wildman–Crippen MR) is 135 cm³/mol. The van der Waals surface area contributed by atoms with E-state index in [1.54, 1.807) is 0 Å². The lowest BCUT2D eigenvalue weighted by atomic mass is 9.87. The van der Waals surface area contributed by atoms with E-state index in [1.807, 2.05) is 11.1 Å². The van der Waals surface area contributed by atoms with Crippen LogP contribution in [0.25, 0.3) is 0 Å². The highest BCUT2D eigenvalue weighted by Gasteiger charge is 2.41. The molecule has 1 aromatic carbocycles. The standard InChI is InChI=1S/C28H34N4O3/c1-4-25(33)32-15-22(16-32)31-13-21(14-31)20-11-17(2)27-24(12-20)30-28-26(18(3)35-27)23(5-8-29-28)19-6-9-34-10-7-19/h4-5,8,11-12,18-19,21-22H,1,6-7,9-10,13-16H2,2-3H3,(H,29,30)/t18-/m0/s1. The van der Waals surface area contributed by atoms with E-state index in [2.05, 4.69) is 48.8 Å². The second-order valence-corrected chi connectivity index (χ2v) is 10.4. The van der Waals surface area contributed by atoms with Gasteiger partial charge in [-0.25, -0.2) is 4.98 Å². The Hall–Kier alpha value is -2.90. The van der Waals surface area contributed by atoms with E-state index in [1.165, 1.54) is 22.8 Å². The average Bonchev–Trinajstić information content (AvgIpc) is 2.96. The molecular formula is C28H34N4O3. The molecule has 35 heavy (non-hydrogen) atoms. The molecule has 0 unspecified atom stereocenters. The van der Waals surface area contributed by atoms with Crippen LogP contribution in [-0.4, -0.2) is 66.1 Å². The number of pyridine rings is 1. The lowest BCUT2D eigenvalue weighted by molar-refractivity contribution is -0.134. The number of anilines is 2. The van der Waals surface area contributed by atoms with Crippen LogP contribution in [0.3, 0.4) is 0 Å². The number of rotatable bonds is 4. The van der Waals surface area contributed by atoms with E-state index in [-0.39, 0.29) is 12.0 Å². The van der Waals surface area contributed by atoms with Crippen molar-refractivity contribution >= 4 is 17.4 Å². The number of aryl methyl sites for hydroxylation is 1. The number of likely N-dealkylation sites (tertiary alicyclic amines) is 2. The summed E-state index contributed by atoms with van der Waals surface area (Å²) in [4.78, 5) is 20.8. The maximum Gasteiger partial charge on any atom is 0.246 e. The number of aromatic nitrogens is 1. The number of ether oxygens (including phenoxy) is 2. The number of nitrogens with one attached hydrogen (secondary N) is 1. The van der Waals surface area contributed by atoms with Gasteiger partial charge >= 0.3 is 0 Å². The molecule has 0 spiro atoms. The summed E-state index contributed by atoms with van der Waals surface area (Å²) in [5, 5.41) is 3.64. The Morgan fingerprint density at radius 1 is 1.17 bits per heavy atom. The van der Waals surface area contributed by atoms with E-state index in [9.17, 15) is 4.79 Å². The highest BCUT2D eigenvalue weighted by atomic mass is 16.5. The number of benzene rings is 1.